The zero-order valence-electron chi connectivity index (χ0n) is 11.5. The average molecular weight is 347 g/mol. The zero-order chi connectivity index (χ0) is 13.8. The number of benzene rings is 1. The first-order valence-electron chi connectivity index (χ1n) is 6.78. The van der Waals surface area contributed by atoms with Gasteiger partial charge in [-0.2, -0.15) is 0 Å². The van der Waals surface area contributed by atoms with Gasteiger partial charge in [0.05, 0.1) is 6.61 Å². The van der Waals surface area contributed by atoms with Crippen LogP contribution in [0.4, 0.5) is 0 Å². The van der Waals surface area contributed by atoms with E-state index in [2.05, 4.69) is 39.9 Å². The molecule has 1 aliphatic carbocycles. The summed E-state index contributed by atoms with van der Waals surface area (Å²) in [6.45, 7) is 4.94. The quantitative estimate of drug-likeness (QED) is 0.728. The van der Waals surface area contributed by atoms with Crippen LogP contribution in [-0.2, 0) is 11.3 Å². The molecule has 0 heterocycles. The Morgan fingerprint density at radius 2 is 2.21 bits per heavy atom. The largest absolute Gasteiger partial charge is 0.383 e. The minimum Gasteiger partial charge on any atom is -0.383 e. The van der Waals surface area contributed by atoms with Crippen LogP contribution >= 0.6 is 27.5 Å². The fraction of sp³-hybridized carbons (Fsp3) is 0.600. The van der Waals surface area contributed by atoms with Crippen LogP contribution in [0, 0.1) is 5.92 Å². The van der Waals surface area contributed by atoms with Crippen LogP contribution in [0.1, 0.15) is 25.3 Å². The van der Waals surface area contributed by atoms with Crippen LogP contribution in [0.15, 0.2) is 22.7 Å². The highest BCUT2D eigenvalue weighted by Gasteiger charge is 2.31. The maximum absolute atomic E-state index is 6.32. The van der Waals surface area contributed by atoms with Gasteiger partial charge in [-0.1, -0.05) is 33.6 Å². The van der Waals surface area contributed by atoms with Crippen molar-refractivity contribution in [2.75, 3.05) is 20.3 Å². The van der Waals surface area contributed by atoms with E-state index in [0.717, 1.165) is 35.1 Å². The molecular weight excluding hydrogens is 326 g/mol. The number of ether oxygens (including phenoxy) is 1. The van der Waals surface area contributed by atoms with Gasteiger partial charge in [0.15, 0.2) is 0 Å². The number of nitrogens with zero attached hydrogens (tertiary/aromatic N) is 1. The van der Waals surface area contributed by atoms with Crippen LogP contribution < -0.4 is 0 Å². The molecule has 0 aliphatic heterocycles. The molecule has 0 radical (unpaired) electrons. The fourth-order valence-corrected chi connectivity index (χ4v) is 3.11. The first-order valence-corrected chi connectivity index (χ1v) is 7.96. The van der Waals surface area contributed by atoms with Crippen molar-refractivity contribution < 1.29 is 4.74 Å². The van der Waals surface area contributed by atoms with Crippen molar-refractivity contribution in [1.29, 1.82) is 0 Å². The summed E-state index contributed by atoms with van der Waals surface area (Å²) in [7, 11) is 1.76. The smallest absolute Gasteiger partial charge is 0.0589 e. The Hall–Kier alpha value is -0.0900. The van der Waals surface area contributed by atoms with Gasteiger partial charge in [-0.25, -0.2) is 0 Å². The summed E-state index contributed by atoms with van der Waals surface area (Å²) in [6, 6.07) is 6.73. The maximum atomic E-state index is 6.32. The van der Waals surface area contributed by atoms with Gasteiger partial charge in [0.2, 0.25) is 0 Å². The van der Waals surface area contributed by atoms with E-state index in [-0.39, 0.29) is 0 Å². The number of hydrogen-bond acceptors (Lipinski definition) is 2. The Bertz CT molecular complexity index is 423. The lowest BCUT2D eigenvalue weighted by atomic mass is 10.1. The monoisotopic (exact) mass is 345 g/mol. The average Bonchev–Trinajstić information content (AvgIpc) is 3.20. The summed E-state index contributed by atoms with van der Waals surface area (Å²) in [5, 5.41) is 0.833. The lowest BCUT2D eigenvalue weighted by Crippen LogP contribution is -2.36. The van der Waals surface area contributed by atoms with Crippen LogP contribution in [0.25, 0.3) is 0 Å². The molecule has 1 atom stereocenters. The third-order valence-electron chi connectivity index (χ3n) is 3.85. The second kappa shape index (κ2) is 7.07. The van der Waals surface area contributed by atoms with E-state index in [1.165, 1.54) is 18.4 Å². The van der Waals surface area contributed by atoms with Crippen molar-refractivity contribution >= 4 is 27.5 Å². The van der Waals surface area contributed by atoms with Crippen molar-refractivity contribution in [2.45, 2.75) is 32.4 Å². The predicted octanol–water partition coefficient (Wildman–Crippen LogP) is 4.35. The van der Waals surface area contributed by atoms with Gasteiger partial charge in [0, 0.05) is 35.7 Å². The molecule has 1 aromatic rings. The van der Waals surface area contributed by atoms with Gasteiger partial charge >= 0.3 is 0 Å². The predicted molar refractivity (Wildman–Crippen MR) is 83.6 cm³/mol. The molecule has 0 aromatic heterocycles. The Morgan fingerprint density at radius 1 is 1.47 bits per heavy atom. The number of methoxy groups -OCH3 is 1. The Kier molecular flexibility index (Phi) is 5.70. The lowest BCUT2D eigenvalue weighted by Gasteiger charge is -2.29. The highest BCUT2D eigenvalue weighted by atomic mass is 79.9. The van der Waals surface area contributed by atoms with E-state index in [1.54, 1.807) is 7.11 Å². The molecule has 0 saturated heterocycles. The van der Waals surface area contributed by atoms with Crippen molar-refractivity contribution in [3.05, 3.63) is 33.3 Å². The summed E-state index contributed by atoms with van der Waals surface area (Å²) in [6.07, 6.45) is 2.72. The van der Waals surface area contributed by atoms with Crippen molar-refractivity contribution in [3.8, 4) is 0 Å². The van der Waals surface area contributed by atoms with E-state index in [4.69, 9.17) is 16.3 Å². The van der Waals surface area contributed by atoms with Gasteiger partial charge in [-0.05, 0) is 43.4 Å². The topological polar surface area (TPSA) is 12.5 Å². The molecule has 2 nitrogen and oxygen atoms in total. The van der Waals surface area contributed by atoms with E-state index in [1.807, 2.05) is 6.07 Å². The number of halogens is 2. The van der Waals surface area contributed by atoms with Gasteiger partial charge in [-0.15, -0.1) is 0 Å². The van der Waals surface area contributed by atoms with Gasteiger partial charge in [0.1, 0.15) is 0 Å². The first kappa shape index (κ1) is 15.3. The molecule has 2 rings (SSSR count). The highest BCUT2D eigenvalue weighted by molar-refractivity contribution is 9.10. The Labute approximate surface area is 129 Å². The molecule has 0 spiro atoms. The van der Waals surface area contributed by atoms with Gasteiger partial charge in [-0.3, -0.25) is 4.90 Å². The third kappa shape index (κ3) is 4.45. The summed E-state index contributed by atoms with van der Waals surface area (Å²) >= 11 is 9.77. The molecule has 0 bridgehead atoms. The molecule has 1 saturated carbocycles. The molecule has 19 heavy (non-hydrogen) atoms. The number of rotatable bonds is 7. The van der Waals surface area contributed by atoms with Crippen LogP contribution in [0.3, 0.4) is 0 Å². The maximum Gasteiger partial charge on any atom is 0.0589 e. The van der Waals surface area contributed by atoms with Crippen LogP contribution in [0.2, 0.25) is 5.02 Å². The normalized spacial score (nSPS) is 16.9. The summed E-state index contributed by atoms with van der Waals surface area (Å²) in [5.41, 5.74) is 1.19. The van der Waals surface area contributed by atoms with E-state index in [9.17, 15) is 0 Å². The number of hydrogen-bond donors (Lipinski definition) is 0. The second-order valence-electron chi connectivity index (χ2n) is 5.28. The zero-order valence-corrected chi connectivity index (χ0v) is 13.9. The first-order chi connectivity index (χ1) is 9.11. The van der Waals surface area contributed by atoms with Crippen molar-refractivity contribution in [2.24, 2.45) is 5.92 Å². The minimum absolute atomic E-state index is 0.606. The molecular formula is C15H21BrClNO. The van der Waals surface area contributed by atoms with Crippen molar-refractivity contribution in [3.63, 3.8) is 0 Å². The highest BCUT2D eigenvalue weighted by Crippen LogP contribution is 2.36. The molecule has 1 fully saturated rings. The molecule has 1 aromatic carbocycles. The fourth-order valence-electron chi connectivity index (χ4n) is 2.38. The molecule has 1 unspecified atom stereocenters. The third-order valence-corrected chi connectivity index (χ3v) is 4.70. The van der Waals surface area contributed by atoms with E-state index >= 15 is 0 Å². The second-order valence-corrected chi connectivity index (χ2v) is 6.60. The molecule has 1 aliphatic rings. The SMILES string of the molecule is COCCN(Cc1ccc(Br)cc1Cl)C(C)C1CC1. The molecule has 0 amide bonds. The standard InChI is InChI=1S/C15H21BrClNO/c1-11(12-3-4-12)18(7-8-19-2)10-13-5-6-14(16)9-15(13)17/h5-6,9,11-12H,3-4,7-8,10H2,1-2H3. The van der Waals surface area contributed by atoms with Gasteiger partial charge < -0.3 is 4.74 Å². The Morgan fingerprint density at radius 3 is 2.79 bits per heavy atom. The van der Waals surface area contributed by atoms with E-state index in [0.29, 0.717) is 6.04 Å². The van der Waals surface area contributed by atoms with E-state index < -0.39 is 0 Å². The molecule has 106 valence electrons. The summed E-state index contributed by atoms with van der Waals surface area (Å²) < 4.78 is 6.26. The van der Waals surface area contributed by atoms with Crippen molar-refractivity contribution in [1.82, 2.24) is 4.90 Å². The lowest BCUT2D eigenvalue weighted by molar-refractivity contribution is 0.111. The van der Waals surface area contributed by atoms with Gasteiger partial charge in [0.25, 0.3) is 0 Å². The molecule has 0 N–H and O–H groups in total. The summed E-state index contributed by atoms with van der Waals surface area (Å²) in [4.78, 5) is 2.48. The minimum atomic E-state index is 0.606. The van der Waals surface area contributed by atoms with Crippen LogP contribution in [0.5, 0.6) is 0 Å². The van der Waals surface area contributed by atoms with Crippen LogP contribution in [-0.4, -0.2) is 31.2 Å². The summed E-state index contributed by atoms with van der Waals surface area (Å²) in [5.74, 6) is 0.853. The molecule has 4 heteroatoms. The Balaban J connectivity index is 2.05.